The summed E-state index contributed by atoms with van der Waals surface area (Å²) in [5.41, 5.74) is 11.1. The molecule has 0 aliphatic heterocycles. The van der Waals surface area contributed by atoms with E-state index < -0.39 is 0 Å². The first-order valence-corrected chi connectivity index (χ1v) is 5.44. The number of nitrogens with one attached hydrogen (secondary N) is 1. The minimum atomic E-state index is -0.380. The molecule has 88 valence electrons. The number of hydrogen-bond acceptors (Lipinski definition) is 5. The van der Waals surface area contributed by atoms with Crippen LogP contribution in [-0.4, -0.2) is 22.1 Å². The fraction of sp³-hybridized carbons (Fsp3) is 0.600. The summed E-state index contributed by atoms with van der Waals surface area (Å²) >= 11 is 0. The zero-order chi connectivity index (χ0) is 11.5. The van der Waals surface area contributed by atoms with Crippen molar-refractivity contribution in [2.24, 2.45) is 5.73 Å². The highest BCUT2D eigenvalue weighted by Gasteiger charge is 2.24. The van der Waals surface area contributed by atoms with Gasteiger partial charge in [0.25, 0.3) is 5.56 Å². The van der Waals surface area contributed by atoms with Crippen molar-refractivity contribution in [2.45, 2.75) is 37.8 Å². The zero-order valence-electron chi connectivity index (χ0n) is 8.98. The minimum Gasteiger partial charge on any atom is -0.471 e. The summed E-state index contributed by atoms with van der Waals surface area (Å²) in [6.45, 7) is 0. The Labute approximate surface area is 93.0 Å². The molecule has 1 heterocycles. The van der Waals surface area contributed by atoms with Crippen LogP contribution in [0.1, 0.15) is 25.7 Å². The maximum atomic E-state index is 11.2. The molecule has 0 spiro atoms. The van der Waals surface area contributed by atoms with Gasteiger partial charge in [-0.25, -0.2) is 4.98 Å². The summed E-state index contributed by atoms with van der Waals surface area (Å²) in [6, 6.07) is -0.00534. The lowest BCUT2D eigenvalue weighted by Gasteiger charge is -2.28. The third kappa shape index (κ3) is 2.16. The van der Waals surface area contributed by atoms with Gasteiger partial charge in [0.2, 0.25) is 5.88 Å². The number of anilines is 1. The average Bonchev–Trinajstić information content (AvgIpc) is 2.28. The van der Waals surface area contributed by atoms with Gasteiger partial charge in [0.15, 0.2) is 5.69 Å². The molecule has 6 nitrogen and oxygen atoms in total. The van der Waals surface area contributed by atoms with E-state index in [0.717, 1.165) is 25.7 Å². The number of rotatable bonds is 2. The van der Waals surface area contributed by atoms with E-state index in [2.05, 4.69) is 9.97 Å². The third-order valence-corrected chi connectivity index (χ3v) is 2.87. The first-order chi connectivity index (χ1) is 7.68. The number of hydrogen-bond donors (Lipinski definition) is 3. The molecule has 0 amide bonds. The van der Waals surface area contributed by atoms with Crippen molar-refractivity contribution in [3.05, 3.63) is 16.7 Å². The van der Waals surface area contributed by atoms with Crippen molar-refractivity contribution in [2.75, 3.05) is 5.73 Å². The Hall–Kier alpha value is -1.56. The molecular weight excluding hydrogens is 208 g/mol. The lowest BCUT2D eigenvalue weighted by Crippen LogP contribution is -2.41. The smallest absolute Gasteiger partial charge is 0.277 e. The van der Waals surface area contributed by atoms with Gasteiger partial charge in [0, 0.05) is 6.04 Å². The monoisotopic (exact) mass is 224 g/mol. The summed E-state index contributed by atoms with van der Waals surface area (Å²) in [6.07, 6.45) is 5.22. The number of nitrogens with two attached hydrogens (primary N) is 2. The second-order valence-corrected chi connectivity index (χ2v) is 4.06. The average molecular weight is 224 g/mol. The Kier molecular flexibility index (Phi) is 3.09. The van der Waals surface area contributed by atoms with Gasteiger partial charge in [-0.1, -0.05) is 6.42 Å². The number of ether oxygens (including phenoxy) is 1. The van der Waals surface area contributed by atoms with Gasteiger partial charge < -0.3 is 21.2 Å². The highest BCUT2D eigenvalue weighted by molar-refractivity contribution is 5.44. The Balaban J connectivity index is 2.14. The minimum absolute atomic E-state index is 0.00534. The van der Waals surface area contributed by atoms with Crippen molar-refractivity contribution in [1.29, 1.82) is 0 Å². The summed E-state index contributed by atoms with van der Waals surface area (Å²) in [7, 11) is 0. The first-order valence-electron chi connectivity index (χ1n) is 5.44. The van der Waals surface area contributed by atoms with Crippen LogP contribution in [0.4, 0.5) is 5.69 Å². The van der Waals surface area contributed by atoms with E-state index in [1.807, 2.05) is 0 Å². The maximum Gasteiger partial charge on any atom is 0.277 e. The molecule has 1 aliphatic rings. The maximum absolute atomic E-state index is 11.2. The van der Waals surface area contributed by atoms with Crippen molar-refractivity contribution in [1.82, 2.24) is 9.97 Å². The Morgan fingerprint density at radius 2 is 2.19 bits per heavy atom. The summed E-state index contributed by atoms with van der Waals surface area (Å²) in [5.74, 6) is 0.186. The molecule has 16 heavy (non-hydrogen) atoms. The number of nitrogen functional groups attached to an aromatic ring is 1. The lowest BCUT2D eigenvalue weighted by molar-refractivity contribution is 0.127. The van der Waals surface area contributed by atoms with Crippen LogP contribution in [-0.2, 0) is 0 Å². The van der Waals surface area contributed by atoms with Gasteiger partial charge in [0.1, 0.15) is 6.10 Å². The number of H-pyrrole nitrogens is 1. The molecule has 2 unspecified atom stereocenters. The van der Waals surface area contributed by atoms with Crippen LogP contribution >= 0.6 is 0 Å². The van der Waals surface area contributed by atoms with Crippen LogP contribution in [0.15, 0.2) is 11.1 Å². The molecule has 0 bridgehead atoms. The first kappa shape index (κ1) is 10.9. The van der Waals surface area contributed by atoms with Gasteiger partial charge in [-0.05, 0) is 19.3 Å². The molecule has 0 aromatic carbocycles. The van der Waals surface area contributed by atoms with E-state index in [1.165, 1.54) is 6.33 Å². The molecule has 0 radical (unpaired) electrons. The fourth-order valence-corrected chi connectivity index (χ4v) is 1.90. The van der Waals surface area contributed by atoms with Gasteiger partial charge in [-0.15, -0.1) is 0 Å². The van der Waals surface area contributed by atoms with Crippen LogP contribution in [0.3, 0.4) is 0 Å². The van der Waals surface area contributed by atoms with Crippen LogP contribution < -0.4 is 21.8 Å². The zero-order valence-corrected chi connectivity index (χ0v) is 8.98. The molecular formula is C10H16N4O2. The molecule has 2 rings (SSSR count). The van der Waals surface area contributed by atoms with E-state index in [9.17, 15) is 4.79 Å². The van der Waals surface area contributed by atoms with Crippen LogP contribution in [0.5, 0.6) is 5.88 Å². The number of aromatic nitrogens is 2. The van der Waals surface area contributed by atoms with E-state index in [1.54, 1.807) is 0 Å². The van der Waals surface area contributed by atoms with E-state index in [4.69, 9.17) is 16.2 Å². The predicted molar refractivity (Wildman–Crippen MR) is 60.1 cm³/mol. The topological polar surface area (TPSA) is 107 Å². The van der Waals surface area contributed by atoms with Gasteiger partial charge in [-0.2, -0.15) is 0 Å². The Bertz CT molecular complexity index is 418. The standard InChI is InChI=1S/C10H16N4O2/c11-6-3-1-2-4-7(6)16-10-8(12)9(15)13-5-14-10/h5-7H,1-4,11-12H2,(H,13,14,15). The second-order valence-electron chi connectivity index (χ2n) is 4.06. The van der Waals surface area contributed by atoms with E-state index >= 15 is 0 Å². The van der Waals surface area contributed by atoms with Crippen molar-refractivity contribution < 1.29 is 4.74 Å². The summed E-state index contributed by atoms with van der Waals surface area (Å²) < 4.78 is 5.60. The molecule has 2 atom stereocenters. The normalized spacial score (nSPS) is 25.3. The SMILES string of the molecule is Nc1c(OC2CCCCC2N)nc[nH]c1=O. The highest BCUT2D eigenvalue weighted by atomic mass is 16.5. The highest BCUT2D eigenvalue weighted by Crippen LogP contribution is 2.23. The third-order valence-electron chi connectivity index (χ3n) is 2.87. The Morgan fingerprint density at radius 1 is 1.44 bits per heavy atom. The number of aromatic amines is 1. The molecule has 1 saturated carbocycles. The van der Waals surface area contributed by atoms with E-state index in [0.29, 0.717) is 0 Å². The molecule has 5 N–H and O–H groups in total. The quantitative estimate of drug-likeness (QED) is 0.655. The lowest BCUT2D eigenvalue weighted by atomic mass is 9.93. The van der Waals surface area contributed by atoms with Crippen LogP contribution in [0.2, 0.25) is 0 Å². The second kappa shape index (κ2) is 4.52. The molecule has 6 heteroatoms. The molecule has 1 aromatic heterocycles. The number of nitrogens with zero attached hydrogens (tertiary/aromatic N) is 1. The molecule has 1 aliphatic carbocycles. The predicted octanol–water partition coefficient (Wildman–Crippen LogP) is 0.000800. The van der Waals surface area contributed by atoms with Crippen molar-refractivity contribution in [3.63, 3.8) is 0 Å². The molecule has 1 fully saturated rings. The van der Waals surface area contributed by atoms with Crippen LogP contribution in [0.25, 0.3) is 0 Å². The van der Waals surface area contributed by atoms with Crippen molar-refractivity contribution >= 4 is 5.69 Å². The van der Waals surface area contributed by atoms with Gasteiger partial charge in [-0.3, -0.25) is 4.79 Å². The largest absolute Gasteiger partial charge is 0.471 e. The van der Waals surface area contributed by atoms with Crippen molar-refractivity contribution in [3.8, 4) is 5.88 Å². The van der Waals surface area contributed by atoms with Gasteiger partial charge in [0.05, 0.1) is 6.33 Å². The van der Waals surface area contributed by atoms with E-state index in [-0.39, 0.29) is 29.3 Å². The molecule has 0 saturated heterocycles. The Morgan fingerprint density at radius 3 is 2.94 bits per heavy atom. The van der Waals surface area contributed by atoms with Crippen LogP contribution in [0, 0.1) is 0 Å². The molecule has 1 aromatic rings. The summed E-state index contributed by atoms with van der Waals surface area (Å²) in [4.78, 5) is 17.5. The summed E-state index contributed by atoms with van der Waals surface area (Å²) in [5, 5.41) is 0. The van der Waals surface area contributed by atoms with Gasteiger partial charge >= 0.3 is 0 Å². The fourth-order valence-electron chi connectivity index (χ4n) is 1.90.